The molecule has 0 radical (unpaired) electrons. The Kier molecular flexibility index (Phi) is 3.97. The van der Waals surface area contributed by atoms with Crippen molar-refractivity contribution in [2.45, 2.75) is 13.0 Å². The molecular formula is C16H17NO2. The number of carbonyl (C=O) groups is 1. The van der Waals surface area contributed by atoms with Gasteiger partial charge in [-0.3, -0.25) is 0 Å². The third kappa shape index (κ3) is 3.01. The molecule has 0 saturated heterocycles. The molecule has 0 aliphatic heterocycles. The summed E-state index contributed by atoms with van der Waals surface area (Å²) in [7, 11) is 1.93. The Labute approximate surface area is 112 Å². The van der Waals surface area contributed by atoms with Gasteiger partial charge < -0.3 is 10.4 Å². The number of aromatic carboxylic acids is 1. The van der Waals surface area contributed by atoms with Crippen LogP contribution >= 0.6 is 0 Å². The van der Waals surface area contributed by atoms with Crippen molar-refractivity contribution in [2.24, 2.45) is 0 Å². The van der Waals surface area contributed by atoms with Crippen LogP contribution in [0.4, 0.5) is 0 Å². The Hall–Kier alpha value is -2.13. The molecule has 1 unspecified atom stereocenters. The molecule has 3 nitrogen and oxygen atoms in total. The van der Waals surface area contributed by atoms with Crippen molar-refractivity contribution in [3.05, 3.63) is 59.7 Å². The highest BCUT2D eigenvalue weighted by molar-refractivity contribution is 5.88. The summed E-state index contributed by atoms with van der Waals surface area (Å²) in [5, 5.41) is 12.1. The van der Waals surface area contributed by atoms with E-state index in [1.54, 1.807) is 12.1 Å². The van der Waals surface area contributed by atoms with E-state index in [0.29, 0.717) is 11.6 Å². The minimum Gasteiger partial charge on any atom is -0.478 e. The maximum Gasteiger partial charge on any atom is 0.335 e. The fourth-order valence-corrected chi connectivity index (χ4v) is 1.94. The van der Waals surface area contributed by atoms with E-state index in [9.17, 15) is 4.79 Å². The van der Waals surface area contributed by atoms with Crippen molar-refractivity contribution in [2.75, 3.05) is 7.05 Å². The average molecular weight is 255 g/mol. The molecule has 98 valence electrons. The molecule has 19 heavy (non-hydrogen) atoms. The van der Waals surface area contributed by atoms with E-state index in [1.807, 2.05) is 19.2 Å². The quantitative estimate of drug-likeness (QED) is 0.881. The van der Waals surface area contributed by atoms with Gasteiger partial charge in [0.15, 0.2) is 0 Å². The topological polar surface area (TPSA) is 49.3 Å². The van der Waals surface area contributed by atoms with Gasteiger partial charge in [0.1, 0.15) is 0 Å². The largest absolute Gasteiger partial charge is 0.478 e. The number of nitrogens with one attached hydrogen (secondary N) is 1. The van der Waals surface area contributed by atoms with Crippen LogP contribution in [-0.4, -0.2) is 18.1 Å². The van der Waals surface area contributed by atoms with Crippen molar-refractivity contribution in [3.8, 4) is 11.1 Å². The molecule has 1 atom stereocenters. The zero-order valence-corrected chi connectivity index (χ0v) is 11.1. The predicted octanol–water partition coefficient (Wildman–Crippen LogP) is 3.33. The molecule has 0 aliphatic carbocycles. The molecule has 0 saturated carbocycles. The third-order valence-corrected chi connectivity index (χ3v) is 3.31. The van der Waals surface area contributed by atoms with Gasteiger partial charge in [0, 0.05) is 6.04 Å². The highest BCUT2D eigenvalue weighted by Gasteiger charge is 2.05. The number of benzene rings is 2. The molecule has 0 amide bonds. The Balaban J connectivity index is 2.24. The number of hydrogen-bond donors (Lipinski definition) is 2. The molecule has 0 aromatic heterocycles. The van der Waals surface area contributed by atoms with E-state index in [4.69, 9.17) is 5.11 Å². The summed E-state index contributed by atoms with van der Waals surface area (Å²) >= 11 is 0. The highest BCUT2D eigenvalue weighted by Crippen LogP contribution is 2.22. The lowest BCUT2D eigenvalue weighted by molar-refractivity contribution is 0.0697. The molecule has 2 N–H and O–H groups in total. The molecule has 0 aliphatic rings. The Morgan fingerprint density at radius 1 is 1.00 bits per heavy atom. The van der Waals surface area contributed by atoms with E-state index in [2.05, 4.69) is 36.5 Å². The van der Waals surface area contributed by atoms with Crippen LogP contribution in [0.1, 0.15) is 28.9 Å². The highest BCUT2D eigenvalue weighted by atomic mass is 16.4. The van der Waals surface area contributed by atoms with Crippen molar-refractivity contribution >= 4 is 5.97 Å². The summed E-state index contributed by atoms with van der Waals surface area (Å²) in [5.41, 5.74) is 3.65. The van der Waals surface area contributed by atoms with Crippen molar-refractivity contribution in [1.82, 2.24) is 5.32 Å². The molecule has 2 aromatic rings. The van der Waals surface area contributed by atoms with Crippen molar-refractivity contribution in [1.29, 1.82) is 0 Å². The van der Waals surface area contributed by atoms with Gasteiger partial charge in [0.25, 0.3) is 0 Å². The molecule has 2 rings (SSSR count). The Morgan fingerprint density at radius 2 is 1.47 bits per heavy atom. The van der Waals surface area contributed by atoms with Crippen LogP contribution in [-0.2, 0) is 0 Å². The standard InChI is InChI=1S/C16H17NO2/c1-11(17-2)12-3-5-13(6-4-12)14-7-9-15(10-8-14)16(18)19/h3-11,17H,1-2H3,(H,18,19). The average Bonchev–Trinajstić information content (AvgIpc) is 2.46. The first-order valence-corrected chi connectivity index (χ1v) is 6.23. The fraction of sp³-hybridized carbons (Fsp3) is 0.188. The second-order valence-electron chi connectivity index (χ2n) is 4.51. The molecule has 2 aromatic carbocycles. The van der Waals surface area contributed by atoms with E-state index in [0.717, 1.165) is 11.1 Å². The second kappa shape index (κ2) is 5.67. The smallest absolute Gasteiger partial charge is 0.335 e. The van der Waals surface area contributed by atoms with Gasteiger partial charge >= 0.3 is 5.97 Å². The summed E-state index contributed by atoms with van der Waals surface area (Å²) < 4.78 is 0. The fourth-order valence-electron chi connectivity index (χ4n) is 1.94. The summed E-state index contributed by atoms with van der Waals surface area (Å²) in [6.07, 6.45) is 0. The van der Waals surface area contributed by atoms with E-state index in [-0.39, 0.29) is 0 Å². The second-order valence-corrected chi connectivity index (χ2v) is 4.51. The minimum absolute atomic E-state index is 0.309. The Bertz CT molecular complexity index is 558. The van der Waals surface area contributed by atoms with Crippen LogP contribution in [0.5, 0.6) is 0 Å². The van der Waals surface area contributed by atoms with Crippen LogP contribution < -0.4 is 5.32 Å². The third-order valence-electron chi connectivity index (χ3n) is 3.31. The van der Waals surface area contributed by atoms with Gasteiger partial charge in [-0.1, -0.05) is 36.4 Å². The zero-order chi connectivity index (χ0) is 13.8. The number of carboxylic acid groups (broad SMARTS) is 1. The predicted molar refractivity (Wildman–Crippen MR) is 76.3 cm³/mol. The lowest BCUT2D eigenvalue weighted by Crippen LogP contribution is -2.11. The van der Waals surface area contributed by atoms with Crippen LogP contribution in [0.2, 0.25) is 0 Å². The van der Waals surface area contributed by atoms with E-state index in [1.165, 1.54) is 5.56 Å². The molecular weight excluding hydrogens is 238 g/mol. The first-order valence-electron chi connectivity index (χ1n) is 6.23. The number of hydrogen-bond acceptors (Lipinski definition) is 2. The summed E-state index contributed by atoms with van der Waals surface area (Å²) in [4.78, 5) is 10.8. The van der Waals surface area contributed by atoms with Gasteiger partial charge in [0.05, 0.1) is 5.56 Å². The molecule has 0 bridgehead atoms. The first-order chi connectivity index (χ1) is 9.11. The maximum absolute atomic E-state index is 10.8. The maximum atomic E-state index is 10.8. The van der Waals surface area contributed by atoms with Crippen LogP contribution in [0, 0.1) is 0 Å². The van der Waals surface area contributed by atoms with E-state index >= 15 is 0 Å². The number of carboxylic acids is 1. The molecule has 3 heteroatoms. The van der Waals surface area contributed by atoms with Crippen LogP contribution in [0.25, 0.3) is 11.1 Å². The minimum atomic E-state index is -0.898. The van der Waals surface area contributed by atoms with Crippen LogP contribution in [0.3, 0.4) is 0 Å². The van der Waals surface area contributed by atoms with Gasteiger partial charge in [0.2, 0.25) is 0 Å². The molecule has 0 fully saturated rings. The summed E-state index contributed by atoms with van der Waals surface area (Å²) in [6, 6.07) is 15.5. The van der Waals surface area contributed by atoms with Crippen LogP contribution in [0.15, 0.2) is 48.5 Å². The lowest BCUT2D eigenvalue weighted by atomic mass is 10.0. The SMILES string of the molecule is CNC(C)c1ccc(-c2ccc(C(=O)O)cc2)cc1. The van der Waals surface area contributed by atoms with Crippen molar-refractivity contribution < 1.29 is 9.90 Å². The zero-order valence-electron chi connectivity index (χ0n) is 11.1. The monoisotopic (exact) mass is 255 g/mol. The van der Waals surface area contributed by atoms with Gasteiger partial charge in [-0.15, -0.1) is 0 Å². The van der Waals surface area contributed by atoms with Crippen molar-refractivity contribution in [3.63, 3.8) is 0 Å². The number of rotatable bonds is 4. The lowest BCUT2D eigenvalue weighted by Gasteiger charge is -2.11. The first kappa shape index (κ1) is 13.3. The van der Waals surface area contributed by atoms with Gasteiger partial charge in [-0.2, -0.15) is 0 Å². The summed E-state index contributed by atoms with van der Waals surface area (Å²) in [6.45, 7) is 2.11. The Morgan fingerprint density at radius 3 is 1.89 bits per heavy atom. The normalized spacial score (nSPS) is 12.1. The van der Waals surface area contributed by atoms with Gasteiger partial charge in [-0.05, 0) is 42.8 Å². The molecule has 0 spiro atoms. The van der Waals surface area contributed by atoms with Gasteiger partial charge in [-0.25, -0.2) is 4.79 Å². The van der Waals surface area contributed by atoms with E-state index < -0.39 is 5.97 Å². The summed E-state index contributed by atoms with van der Waals surface area (Å²) in [5.74, 6) is -0.898. The molecule has 0 heterocycles.